The van der Waals surface area contributed by atoms with Crippen molar-refractivity contribution in [2.45, 2.75) is 6.92 Å². The summed E-state index contributed by atoms with van der Waals surface area (Å²) in [5.74, 6) is -0.331. The van der Waals surface area contributed by atoms with Crippen LogP contribution in [-0.4, -0.2) is 25.1 Å². The average Bonchev–Trinajstić information content (AvgIpc) is 2.61. The van der Waals surface area contributed by atoms with E-state index in [0.717, 1.165) is 5.75 Å². The topological polar surface area (TPSA) is 64.6 Å². The van der Waals surface area contributed by atoms with E-state index in [9.17, 15) is 9.59 Å². The lowest BCUT2D eigenvalue weighted by Gasteiger charge is -2.07. The highest BCUT2D eigenvalue weighted by atomic mass is 35.5. The quantitative estimate of drug-likeness (QED) is 0.601. The maximum Gasteiger partial charge on any atom is 0.331 e. The summed E-state index contributed by atoms with van der Waals surface area (Å²) in [6, 6.07) is 14.0. The molecule has 1 amide bonds. The lowest BCUT2D eigenvalue weighted by molar-refractivity contribution is -0.142. The predicted molar refractivity (Wildman–Crippen MR) is 97.7 cm³/mol. The third-order valence-corrected chi connectivity index (χ3v) is 3.44. The van der Waals surface area contributed by atoms with Gasteiger partial charge in [-0.25, -0.2) is 4.79 Å². The van der Waals surface area contributed by atoms with Crippen molar-refractivity contribution >= 4 is 35.2 Å². The molecule has 0 aliphatic carbocycles. The molecule has 0 unspecified atom stereocenters. The Labute approximate surface area is 151 Å². The molecule has 0 aliphatic heterocycles. The van der Waals surface area contributed by atoms with E-state index in [4.69, 9.17) is 21.1 Å². The number of benzene rings is 2. The van der Waals surface area contributed by atoms with E-state index in [2.05, 4.69) is 5.32 Å². The molecule has 0 aliphatic rings. The molecule has 6 heteroatoms. The molecule has 0 aromatic heterocycles. The van der Waals surface area contributed by atoms with E-state index in [-0.39, 0.29) is 6.61 Å². The normalized spacial score (nSPS) is 10.5. The lowest BCUT2D eigenvalue weighted by Crippen LogP contribution is -2.20. The number of esters is 1. The highest BCUT2D eigenvalue weighted by molar-refractivity contribution is 6.32. The van der Waals surface area contributed by atoms with Gasteiger partial charge in [-0.2, -0.15) is 0 Å². The smallest absolute Gasteiger partial charge is 0.331 e. The van der Waals surface area contributed by atoms with Gasteiger partial charge < -0.3 is 14.8 Å². The number of hydrogen-bond acceptors (Lipinski definition) is 4. The highest BCUT2D eigenvalue weighted by Gasteiger charge is 2.06. The van der Waals surface area contributed by atoms with Gasteiger partial charge in [0.1, 0.15) is 5.75 Å². The summed E-state index contributed by atoms with van der Waals surface area (Å²) < 4.78 is 10.2. The molecule has 2 aromatic carbocycles. The molecule has 0 bridgehead atoms. The van der Waals surface area contributed by atoms with Gasteiger partial charge in [0, 0.05) is 16.8 Å². The maximum atomic E-state index is 11.8. The minimum absolute atomic E-state index is 0.376. The zero-order chi connectivity index (χ0) is 18.1. The molecule has 0 radical (unpaired) electrons. The van der Waals surface area contributed by atoms with E-state index >= 15 is 0 Å². The lowest BCUT2D eigenvalue weighted by atomic mass is 10.2. The first-order valence-electron chi connectivity index (χ1n) is 7.70. The Morgan fingerprint density at radius 1 is 1.12 bits per heavy atom. The number of hydrogen-bond donors (Lipinski definition) is 1. The van der Waals surface area contributed by atoms with Crippen LogP contribution in [0.4, 0.5) is 5.69 Å². The van der Waals surface area contributed by atoms with Crippen LogP contribution in [0.1, 0.15) is 12.5 Å². The zero-order valence-electron chi connectivity index (χ0n) is 13.7. The minimum atomic E-state index is -0.623. The van der Waals surface area contributed by atoms with Gasteiger partial charge in [-0.3, -0.25) is 4.79 Å². The predicted octanol–water partition coefficient (Wildman–Crippen LogP) is 3.93. The number of amides is 1. The van der Waals surface area contributed by atoms with Crippen LogP contribution in [-0.2, 0) is 14.3 Å². The van der Waals surface area contributed by atoms with Crippen molar-refractivity contribution in [2.75, 3.05) is 18.5 Å². The van der Waals surface area contributed by atoms with Gasteiger partial charge in [0.25, 0.3) is 5.91 Å². The fourth-order valence-electron chi connectivity index (χ4n) is 1.95. The maximum absolute atomic E-state index is 11.8. The van der Waals surface area contributed by atoms with Crippen LogP contribution in [0.5, 0.6) is 5.75 Å². The van der Waals surface area contributed by atoms with Crippen LogP contribution in [0.3, 0.4) is 0 Å². The molecule has 5 nitrogen and oxygen atoms in total. The first-order valence-corrected chi connectivity index (χ1v) is 8.08. The fraction of sp³-hybridized carbons (Fsp3) is 0.158. The number of carbonyl (C=O) groups is 2. The second kappa shape index (κ2) is 9.49. The van der Waals surface area contributed by atoms with E-state index in [1.807, 2.05) is 6.92 Å². The van der Waals surface area contributed by atoms with Gasteiger partial charge in [0.05, 0.1) is 6.61 Å². The van der Waals surface area contributed by atoms with Gasteiger partial charge >= 0.3 is 5.97 Å². The number of rotatable bonds is 7. The van der Waals surface area contributed by atoms with E-state index in [0.29, 0.717) is 22.9 Å². The van der Waals surface area contributed by atoms with Crippen LogP contribution in [0.15, 0.2) is 54.6 Å². The molecule has 130 valence electrons. The number of halogens is 1. The SMILES string of the molecule is CCOc1ccc(NC(=O)COC(=O)/C=C/c2ccccc2Cl)cc1. The number of nitrogens with one attached hydrogen (secondary N) is 1. The van der Waals surface area contributed by atoms with Crippen molar-refractivity contribution in [2.24, 2.45) is 0 Å². The Kier molecular flexibility index (Phi) is 7.04. The summed E-state index contributed by atoms with van der Waals surface area (Å²) >= 11 is 5.98. The molecule has 0 fully saturated rings. The van der Waals surface area contributed by atoms with Crippen LogP contribution in [0.25, 0.3) is 6.08 Å². The zero-order valence-corrected chi connectivity index (χ0v) is 14.5. The number of carbonyl (C=O) groups excluding carboxylic acids is 2. The molecule has 2 rings (SSSR count). The van der Waals surface area contributed by atoms with Crippen molar-refractivity contribution < 1.29 is 19.1 Å². The van der Waals surface area contributed by atoms with Crippen LogP contribution >= 0.6 is 11.6 Å². The van der Waals surface area contributed by atoms with Gasteiger partial charge in [-0.05, 0) is 48.9 Å². The van der Waals surface area contributed by atoms with Crippen molar-refractivity contribution in [1.82, 2.24) is 0 Å². The summed E-state index contributed by atoms with van der Waals surface area (Å²) in [6.07, 6.45) is 2.76. The van der Waals surface area contributed by atoms with Crippen LogP contribution in [0, 0.1) is 0 Å². The second-order valence-electron chi connectivity index (χ2n) is 4.97. The third kappa shape index (κ3) is 6.31. The van der Waals surface area contributed by atoms with Gasteiger partial charge in [0.15, 0.2) is 6.61 Å². The molecule has 2 aromatic rings. The molecule has 0 spiro atoms. The molecule has 25 heavy (non-hydrogen) atoms. The molecule has 0 heterocycles. The molecule has 0 atom stereocenters. The second-order valence-corrected chi connectivity index (χ2v) is 5.38. The van der Waals surface area contributed by atoms with E-state index < -0.39 is 11.9 Å². The first kappa shape index (κ1) is 18.5. The fourth-order valence-corrected chi connectivity index (χ4v) is 2.15. The van der Waals surface area contributed by atoms with Crippen molar-refractivity contribution in [1.29, 1.82) is 0 Å². The summed E-state index contributed by atoms with van der Waals surface area (Å²) in [6.45, 7) is 2.09. The van der Waals surface area contributed by atoms with Crippen molar-refractivity contribution in [3.05, 3.63) is 65.2 Å². The summed E-state index contributed by atoms with van der Waals surface area (Å²) in [5.41, 5.74) is 1.29. The van der Waals surface area contributed by atoms with Gasteiger partial charge in [0.2, 0.25) is 0 Å². The first-order chi connectivity index (χ1) is 12.1. The molecular weight excluding hydrogens is 342 g/mol. The Morgan fingerprint density at radius 2 is 1.84 bits per heavy atom. The Hall–Kier alpha value is -2.79. The van der Waals surface area contributed by atoms with Crippen LogP contribution in [0.2, 0.25) is 5.02 Å². The molecule has 0 saturated heterocycles. The van der Waals surface area contributed by atoms with Crippen LogP contribution < -0.4 is 10.1 Å². The Balaban J connectivity index is 1.79. The standard InChI is InChI=1S/C19H18ClNO4/c1-2-24-16-10-8-15(9-11-16)21-18(22)13-25-19(23)12-7-14-5-3-4-6-17(14)20/h3-12H,2,13H2,1H3,(H,21,22)/b12-7+. The number of anilines is 1. The monoisotopic (exact) mass is 359 g/mol. The Bertz CT molecular complexity index is 756. The van der Waals surface area contributed by atoms with E-state index in [1.165, 1.54) is 12.2 Å². The van der Waals surface area contributed by atoms with Crippen molar-refractivity contribution in [3.63, 3.8) is 0 Å². The summed E-state index contributed by atoms with van der Waals surface area (Å²) in [5, 5.41) is 3.16. The van der Waals surface area contributed by atoms with E-state index in [1.54, 1.807) is 48.5 Å². The van der Waals surface area contributed by atoms with Gasteiger partial charge in [-0.1, -0.05) is 29.8 Å². The summed E-state index contributed by atoms with van der Waals surface area (Å²) in [7, 11) is 0. The van der Waals surface area contributed by atoms with Gasteiger partial charge in [-0.15, -0.1) is 0 Å². The van der Waals surface area contributed by atoms with Crippen molar-refractivity contribution in [3.8, 4) is 5.75 Å². The largest absolute Gasteiger partial charge is 0.494 e. The molecule has 0 saturated carbocycles. The average molecular weight is 360 g/mol. The number of ether oxygens (including phenoxy) is 2. The minimum Gasteiger partial charge on any atom is -0.494 e. The molecule has 1 N–H and O–H groups in total. The third-order valence-electron chi connectivity index (χ3n) is 3.10. The summed E-state index contributed by atoms with van der Waals surface area (Å²) in [4.78, 5) is 23.4. The molecular formula is C19H18ClNO4. The Morgan fingerprint density at radius 3 is 2.52 bits per heavy atom. The highest BCUT2D eigenvalue weighted by Crippen LogP contribution is 2.16.